The van der Waals surface area contributed by atoms with E-state index >= 15 is 0 Å². The van der Waals surface area contributed by atoms with E-state index in [1.807, 2.05) is 0 Å². The summed E-state index contributed by atoms with van der Waals surface area (Å²) in [6, 6.07) is 0. The monoisotopic (exact) mass is 333 g/mol. The zero-order valence-corrected chi connectivity index (χ0v) is 11.2. The van der Waals surface area contributed by atoms with E-state index in [-0.39, 0.29) is 26.9 Å². The van der Waals surface area contributed by atoms with Crippen LogP contribution in [0.25, 0.3) is 10.9 Å². The summed E-state index contributed by atoms with van der Waals surface area (Å²) in [6.07, 6.45) is 1.73. The van der Waals surface area contributed by atoms with Crippen LogP contribution in [0.15, 0.2) is 14.4 Å². The molecule has 1 aliphatic heterocycles. The smallest absolute Gasteiger partial charge is 0.263 e. The lowest BCUT2D eigenvalue weighted by molar-refractivity contribution is 0.0262. The number of thioether (sulfide) groups is 1. The highest BCUT2D eigenvalue weighted by Crippen LogP contribution is 2.44. The van der Waals surface area contributed by atoms with Crippen molar-refractivity contribution in [1.82, 2.24) is 15.6 Å². The first-order valence-corrected chi connectivity index (χ1v) is 6.73. The summed E-state index contributed by atoms with van der Waals surface area (Å²) in [7, 11) is 0. The molecule has 0 radical (unpaired) electrons. The molecule has 9 heteroatoms. The van der Waals surface area contributed by atoms with Gasteiger partial charge in [-0.15, -0.1) is 0 Å². The minimum atomic E-state index is -0.669. The van der Waals surface area contributed by atoms with Gasteiger partial charge in [0.1, 0.15) is 15.4 Å². The highest BCUT2D eigenvalue weighted by atomic mass is 79.9. The van der Waals surface area contributed by atoms with Crippen LogP contribution in [0.4, 0.5) is 4.39 Å². The molecule has 0 saturated heterocycles. The van der Waals surface area contributed by atoms with Crippen molar-refractivity contribution in [3.05, 3.63) is 20.6 Å². The summed E-state index contributed by atoms with van der Waals surface area (Å²) < 4.78 is 14.2. The second-order valence-electron chi connectivity index (χ2n) is 3.37. The molecule has 2 N–H and O–H groups in total. The summed E-state index contributed by atoms with van der Waals surface area (Å²) in [4.78, 5) is 28.3. The average Bonchev–Trinajstić information content (AvgIpc) is 2.84. The van der Waals surface area contributed by atoms with Gasteiger partial charge in [0.25, 0.3) is 5.56 Å². The Balaban J connectivity index is 2.52. The quantitative estimate of drug-likeness (QED) is 0.611. The minimum absolute atomic E-state index is 0.00787. The number of hydrogen-bond acceptors (Lipinski definition) is 6. The van der Waals surface area contributed by atoms with Crippen molar-refractivity contribution < 1.29 is 14.1 Å². The number of nitrogens with one attached hydrogen (secondary N) is 2. The molecule has 2 heterocycles. The van der Waals surface area contributed by atoms with Gasteiger partial charge in [-0.05, 0) is 22.2 Å². The number of nitrogens with zero attached hydrogens (tertiary/aromatic N) is 1. The molecule has 1 aromatic heterocycles. The van der Waals surface area contributed by atoms with Gasteiger partial charge in [0.15, 0.2) is 11.0 Å². The fraction of sp³-hybridized carbons (Fsp3) is 0.111. The van der Waals surface area contributed by atoms with Gasteiger partial charge in [-0.3, -0.25) is 4.79 Å². The van der Waals surface area contributed by atoms with Gasteiger partial charge in [-0.2, -0.15) is 0 Å². The largest absolute Gasteiger partial charge is 0.369 e. The van der Waals surface area contributed by atoms with Crippen LogP contribution in [0.2, 0.25) is 0 Å². The molecule has 1 aliphatic rings. The van der Waals surface area contributed by atoms with Crippen LogP contribution in [0.1, 0.15) is 0 Å². The van der Waals surface area contributed by atoms with Gasteiger partial charge >= 0.3 is 0 Å². The molecular weight excluding hydrogens is 329 g/mol. The summed E-state index contributed by atoms with van der Waals surface area (Å²) in [6.45, 7) is 0. The molecule has 1 aromatic carbocycles. The highest BCUT2D eigenvalue weighted by molar-refractivity contribution is 9.10. The molecule has 0 bridgehead atoms. The first kappa shape index (κ1) is 11.8. The molecular formula is C9H5BrFN3O3S. The summed E-state index contributed by atoms with van der Waals surface area (Å²) in [5.74, 6) is -0.471. The lowest BCUT2D eigenvalue weighted by atomic mass is 10.2. The Labute approximate surface area is 112 Å². The summed E-state index contributed by atoms with van der Waals surface area (Å²) >= 11 is 4.25. The third-order valence-electron chi connectivity index (χ3n) is 2.41. The first-order valence-electron chi connectivity index (χ1n) is 4.71. The van der Waals surface area contributed by atoms with Crippen LogP contribution in [0.5, 0.6) is 11.5 Å². The summed E-state index contributed by atoms with van der Waals surface area (Å²) in [5.41, 5.74) is 1.57. The van der Waals surface area contributed by atoms with Crippen molar-refractivity contribution in [2.45, 2.75) is 5.16 Å². The molecule has 0 saturated carbocycles. The van der Waals surface area contributed by atoms with Crippen molar-refractivity contribution in [2.24, 2.45) is 0 Å². The molecule has 94 valence electrons. The molecule has 6 nitrogen and oxygen atoms in total. The minimum Gasteiger partial charge on any atom is -0.369 e. The van der Waals surface area contributed by atoms with E-state index < -0.39 is 11.4 Å². The van der Waals surface area contributed by atoms with Crippen molar-refractivity contribution in [2.75, 3.05) is 6.26 Å². The number of aromatic nitrogens is 2. The van der Waals surface area contributed by atoms with Gasteiger partial charge in [-0.1, -0.05) is 11.8 Å². The molecule has 0 fully saturated rings. The number of hydrogen-bond donors (Lipinski definition) is 2. The normalized spacial score (nSPS) is 13.3. The van der Waals surface area contributed by atoms with Crippen LogP contribution in [-0.2, 0) is 0 Å². The van der Waals surface area contributed by atoms with Gasteiger partial charge in [0, 0.05) is 5.64 Å². The Morgan fingerprint density at radius 1 is 1.39 bits per heavy atom. The number of aromatic amines is 1. The predicted molar refractivity (Wildman–Crippen MR) is 66.2 cm³/mol. The van der Waals surface area contributed by atoms with Crippen molar-refractivity contribution in [3.8, 4) is 11.5 Å². The molecule has 2 aromatic rings. The molecule has 18 heavy (non-hydrogen) atoms. The van der Waals surface area contributed by atoms with Crippen LogP contribution in [-0.4, -0.2) is 16.2 Å². The van der Waals surface area contributed by atoms with Crippen molar-refractivity contribution in [3.63, 3.8) is 0 Å². The molecule has 0 aliphatic carbocycles. The van der Waals surface area contributed by atoms with Crippen molar-refractivity contribution >= 4 is 38.6 Å². The van der Waals surface area contributed by atoms with Crippen LogP contribution in [0, 0.1) is 5.82 Å². The number of halogens is 2. The molecule has 3 rings (SSSR count). The van der Waals surface area contributed by atoms with Gasteiger partial charge in [-0.25, -0.2) is 9.37 Å². The van der Waals surface area contributed by atoms with Crippen LogP contribution < -0.4 is 20.9 Å². The van der Waals surface area contributed by atoms with E-state index in [4.69, 9.17) is 9.68 Å². The van der Waals surface area contributed by atoms with E-state index in [0.29, 0.717) is 5.16 Å². The van der Waals surface area contributed by atoms with Crippen molar-refractivity contribution in [1.29, 1.82) is 0 Å². The zero-order chi connectivity index (χ0) is 12.9. The van der Waals surface area contributed by atoms with E-state index in [0.717, 1.165) is 0 Å². The molecule has 0 atom stereocenters. The fourth-order valence-corrected chi connectivity index (χ4v) is 2.45. The Bertz CT molecular complexity index is 720. The molecule has 0 spiro atoms. The second-order valence-corrected chi connectivity index (χ2v) is 4.96. The molecule has 0 amide bonds. The third kappa shape index (κ3) is 1.51. The van der Waals surface area contributed by atoms with Gasteiger partial charge in [0.05, 0.1) is 0 Å². The van der Waals surface area contributed by atoms with Crippen LogP contribution >= 0.6 is 27.7 Å². The van der Waals surface area contributed by atoms with E-state index in [1.165, 1.54) is 11.8 Å². The van der Waals surface area contributed by atoms with E-state index in [2.05, 4.69) is 31.5 Å². The maximum absolute atomic E-state index is 14.1. The number of H-pyrrole nitrogens is 1. The SMILES string of the molecule is CSc1nc2c(F)c(Br)c3c(c2c(=O)[nH]1)ONO3. The standard InChI is InChI=1S/C9H5BrFN3O3S/c1-18-9-12-5-2(8(15)13-9)6-7(17-14-16-6)3(10)4(5)11/h14H,1H3,(H,12,13,15). The number of benzene rings is 1. The number of fused-ring (bicyclic) bond motifs is 3. The maximum atomic E-state index is 14.1. The predicted octanol–water partition coefficient (Wildman–Crippen LogP) is 1.74. The zero-order valence-electron chi connectivity index (χ0n) is 8.84. The van der Waals surface area contributed by atoms with Gasteiger partial charge in [0.2, 0.25) is 11.5 Å². The Morgan fingerprint density at radius 3 is 2.83 bits per heavy atom. The maximum Gasteiger partial charge on any atom is 0.263 e. The van der Waals surface area contributed by atoms with Gasteiger partial charge < -0.3 is 14.7 Å². The third-order valence-corrected chi connectivity index (χ3v) is 3.70. The van der Waals surface area contributed by atoms with Crippen LogP contribution in [0.3, 0.4) is 0 Å². The topological polar surface area (TPSA) is 76.2 Å². The fourth-order valence-electron chi connectivity index (χ4n) is 1.63. The highest BCUT2D eigenvalue weighted by Gasteiger charge is 2.28. The van der Waals surface area contributed by atoms with E-state index in [1.54, 1.807) is 6.26 Å². The Morgan fingerprint density at radius 2 is 2.11 bits per heavy atom. The Kier molecular flexibility index (Phi) is 2.68. The molecule has 0 unspecified atom stereocenters. The lowest BCUT2D eigenvalue weighted by Crippen LogP contribution is -2.15. The lowest BCUT2D eigenvalue weighted by Gasteiger charge is -2.05. The second kappa shape index (κ2) is 4.11. The number of rotatable bonds is 1. The summed E-state index contributed by atoms with van der Waals surface area (Å²) in [5, 5.41) is 0.332. The average molecular weight is 334 g/mol. The Hall–Kier alpha value is -1.32. The van der Waals surface area contributed by atoms with E-state index in [9.17, 15) is 9.18 Å². The first-order chi connectivity index (χ1) is 8.63.